The Kier molecular flexibility index (Phi) is 8.94. The first kappa shape index (κ1) is 25.6. The van der Waals surface area contributed by atoms with Crippen LogP contribution >= 0.6 is 11.3 Å². The second kappa shape index (κ2) is 11.9. The van der Waals surface area contributed by atoms with Crippen LogP contribution in [0.25, 0.3) is 10.6 Å². The van der Waals surface area contributed by atoms with Crippen molar-refractivity contribution in [2.75, 3.05) is 51.0 Å². The van der Waals surface area contributed by atoms with Gasteiger partial charge in [-0.2, -0.15) is 0 Å². The number of carbonyl (C=O) groups excluding carboxylic acids is 1. The first-order valence-electron chi connectivity index (χ1n) is 11.5. The molecule has 0 aliphatic heterocycles. The molecule has 3 aromatic rings. The molecule has 0 spiro atoms. The zero-order chi connectivity index (χ0) is 24.7. The first-order chi connectivity index (χ1) is 16.2. The standard InChI is InChI=1S/C23H35N9OS/c1-7-10-32-14-18(25-15-32)8-9-24-22(33)29-23-27-17(3)20(34-23)19-13-16(2)26-21(28-19)31(6)12-11-30(4)5/h13-15H,7-12H2,1-6H3,(H2,24,27,29,33). The summed E-state index contributed by atoms with van der Waals surface area (Å²) in [5, 5.41) is 6.26. The number of hydrogen-bond acceptors (Lipinski definition) is 8. The van der Waals surface area contributed by atoms with Crippen LogP contribution in [0.4, 0.5) is 15.9 Å². The van der Waals surface area contributed by atoms with Crippen LogP contribution in [-0.2, 0) is 13.0 Å². The van der Waals surface area contributed by atoms with Gasteiger partial charge in [-0.1, -0.05) is 18.3 Å². The molecule has 2 N–H and O–H groups in total. The monoisotopic (exact) mass is 485 g/mol. The minimum atomic E-state index is -0.281. The molecule has 0 bridgehead atoms. The number of hydrogen-bond donors (Lipinski definition) is 2. The van der Waals surface area contributed by atoms with E-state index >= 15 is 0 Å². The second-order valence-electron chi connectivity index (χ2n) is 8.59. The quantitative estimate of drug-likeness (QED) is 0.430. The number of amides is 2. The Hall–Kier alpha value is -3.05. The summed E-state index contributed by atoms with van der Waals surface area (Å²) in [6.07, 6.45) is 5.60. The lowest BCUT2D eigenvalue weighted by atomic mass is 10.2. The Morgan fingerprint density at radius 3 is 2.68 bits per heavy atom. The third-order valence-electron chi connectivity index (χ3n) is 5.15. The van der Waals surface area contributed by atoms with Crippen LogP contribution < -0.4 is 15.5 Å². The normalized spacial score (nSPS) is 11.1. The molecule has 3 aromatic heterocycles. The molecule has 184 valence electrons. The first-order valence-corrected chi connectivity index (χ1v) is 12.3. The molecule has 10 nitrogen and oxygen atoms in total. The Labute approximate surface area is 205 Å². The molecule has 34 heavy (non-hydrogen) atoms. The summed E-state index contributed by atoms with van der Waals surface area (Å²) >= 11 is 1.41. The van der Waals surface area contributed by atoms with Crippen LogP contribution in [0, 0.1) is 13.8 Å². The van der Waals surface area contributed by atoms with Gasteiger partial charge in [-0.25, -0.2) is 24.7 Å². The average Bonchev–Trinajstić information content (AvgIpc) is 3.37. The van der Waals surface area contributed by atoms with Gasteiger partial charge in [0.15, 0.2) is 5.13 Å². The zero-order valence-corrected chi connectivity index (χ0v) is 21.7. The highest BCUT2D eigenvalue weighted by Crippen LogP contribution is 2.32. The van der Waals surface area contributed by atoms with Crippen molar-refractivity contribution in [3.63, 3.8) is 0 Å². The fourth-order valence-electron chi connectivity index (χ4n) is 3.34. The van der Waals surface area contributed by atoms with E-state index in [0.29, 0.717) is 24.0 Å². The molecule has 3 rings (SSSR count). The molecule has 0 saturated carbocycles. The molecule has 11 heteroatoms. The lowest BCUT2D eigenvalue weighted by molar-refractivity contribution is 0.252. The summed E-state index contributed by atoms with van der Waals surface area (Å²) in [6.45, 7) is 9.20. The summed E-state index contributed by atoms with van der Waals surface area (Å²) in [4.78, 5) is 35.7. The second-order valence-corrected chi connectivity index (χ2v) is 9.59. The van der Waals surface area contributed by atoms with Crippen LogP contribution in [0.15, 0.2) is 18.6 Å². The molecule has 0 aliphatic carbocycles. The van der Waals surface area contributed by atoms with Gasteiger partial charge in [0.2, 0.25) is 5.95 Å². The molecule has 0 radical (unpaired) electrons. The largest absolute Gasteiger partial charge is 0.343 e. The number of nitrogens with one attached hydrogen (secondary N) is 2. The number of aromatic nitrogens is 5. The number of anilines is 2. The summed E-state index contributed by atoms with van der Waals surface area (Å²) in [5.74, 6) is 0.679. The highest BCUT2D eigenvalue weighted by atomic mass is 32.1. The number of thiazole rings is 1. The highest BCUT2D eigenvalue weighted by Gasteiger charge is 2.16. The van der Waals surface area contributed by atoms with E-state index in [1.165, 1.54) is 11.3 Å². The van der Waals surface area contributed by atoms with E-state index < -0.39 is 0 Å². The number of imidazole rings is 1. The summed E-state index contributed by atoms with van der Waals surface area (Å²) in [7, 11) is 6.08. The Bertz CT molecular complexity index is 1090. The molecule has 3 heterocycles. The van der Waals surface area contributed by atoms with Crippen LogP contribution in [0.2, 0.25) is 0 Å². The molecule has 0 atom stereocenters. The number of rotatable bonds is 11. The van der Waals surface area contributed by atoms with Gasteiger partial charge in [0.05, 0.1) is 28.3 Å². The van der Waals surface area contributed by atoms with Crippen molar-refractivity contribution in [2.24, 2.45) is 0 Å². The smallest absolute Gasteiger partial charge is 0.321 e. The predicted molar refractivity (Wildman–Crippen MR) is 138 cm³/mol. The van der Waals surface area contributed by atoms with Gasteiger partial charge in [0, 0.05) is 51.5 Å². The lowest BCUT2D eigenvalue weighted by Crippen LogP contribution is -2.30. The van der Waals surface area contributed by atoms with Crippen LogP contribution in [-0.4, -0.2) is 76.2 Å². The van der Waals surface area contributed by atoms with Gasteiger partial charge in [-0.05, 0) is 40.4 Å². The average molecular weight is 486 g/mol. The van der Waals surface area contributed by atoms with E-state index in [0.717, 1.165) is 53.7 Å². The van der Waals surface area contributed by atoms with E-state index in [9.17, 15) is 4.79 Å². The van der Waals surface area contributed by atoms with Crippen molar-refractivity contribution in [2.45, 2.75) is 40.2 Å². The van der Waals surface area contributed by atoms with Gasteiger partial charge in [-0.3, -0.25) is 5.32 Å². The summed E-state index contributed by atoms with van der Waals surface area (Å²) in [6, 6.07) is 1.67. The van der Waals surface area contributed by atoms with Gasteiger partial charge >= 0.3 is 6.03 Å². The predicted octanol–water partition coefficient (Wildman–Crippen LogP) is 3.19. The third-order valence-corrected chi connectivity index (χ3v) is 6.25. The number of urea groups is 1. The number of aryl methyl sites for hydroxylation is 3. The molecule has 0 saturated heterocycles. The van der Waals surface area contributed by atoms with Crippen molar-refractivity contribution in [3.05, 3.63) is 35.7 Å². The SMILES string of the molecule is CCCn1cnc(CCNC(=O)Nc2nc(C)c(-c3cc(C)nc(N(C)CCN(C)C)n3)s2)c1. The van der Waals surface area contributed by atoms with Gasteiger partial charge in [0.1, 0.15) is 0 Å². The van der Waals surface area contributed by atoms with Gasteiger partial charge < -0.3 is 19.7 Å². The van der Waals surface area contributed by atoms with Gasteiger partial charge in [0.25, 0.3) is 0 Å². The van der Waals surface area contributed by atoms with E-state index in [4.69, 9.17) is 4.98 Å². The molecule has 0 aromatic carbocycles. The zero-order valence-electron chi connectivity index (χ0n) is 20.9. The molecule has 0 fully saturated rings. The van der Waals surface area contributed by atoms with Crippen LogP contribution in [0.5, 0.6) is 0 Å². The molecule has 0 aliphatic rings. The summed E-state index contributed by atoms with van der Waals surface area (Å²) < 4.78 is 2.07. The van der Waals surface area contributed by atoms with E-state index in [2.05, 4.69) is 42.0 Å². The van der Waals surface area contributed by atoms with Crippen molar-refractivity contribution in [3.8, 4) is 10.6 Å². The van der Waals surface area contributed by atoms with E-state index in [-0.39, 0.29) is 6.03 Å². The van der Waals surface area contributed by atoms with E-state index in [1.807, 2.05) is 58.5 Å². The highest BCUT2D eigenvalue weighted by molar-refractivity contribution is 7.19. The molecular formula is C23H35N9OS. The van der Waals surface area contributed by atoms with Crippen molar-refractivity contribution in [1.82, 2.24) is 34.7 Å². The van der Waals surface area contributed by atoms with Gasteiger partial charge in [-0.15, -0.1) is 0 Å². The maximum absolute atomic E-state index is 12.4. The number of nitrogens with zero attached hydrogens (tertiary/aromatic N) is 7. The topological polar surface area (TPSA) is 104 Å². The minimum absolute atomic E-state index is 0.281. The molecule has 0 unspecified atom stereocenters. The van der Waals surface area contributed by atoms with Crippen LogP contribution in [0.1, 0.15) is 30.4 Å². The Balaban J connectivity index is 1.60. The fourth-order valence-corrected chi connectivity index (χ4v) is 4.26. The maximum atomic E-state index is 12.4. The van der Waals surface area contributed by atoms with Crippen molar-refractivity contribution < 1.29 is 4.79 Å². The number of likely N-dealkylation sites (N-methyl/N-ethyl adjacent to an activating group) is 2. The number of carbonyl (C=O) groups is 1. The lowest BCUT2D eigenvalue weighted by Gasteiger charge is -2.20. The maximum Gasteiger partial charge on any atom is 0.321 e. The minimum Gasteiger partial charge on any atom is -0.343 e. The molecular weight excluding hydrogens is 450 g/mol. The summed E-state index contributed by atoms with van der Waals surface area (Å²) in [5.41, 5.74) is 3.48. The van der Waals surface area contributed by atoms with E-state index in [1.54, 1.807) is 0 Å². The van der Waals surface area contributed by atoms with Crippen molar-refractivity contribution >= 4 is 28.4 Å². The fraction of sp³-hybridized carbons (Fsp3) is 0.522. The van der Waals surface area contributed by atoms with Crippen LogP contribution in [0.3, 0.4) is 0 Å². The Morgan fingerprint density at radius 1 is 1.15 bits per heavy atom. The third kappa shape index (κ3) is 7.22. The molecule has 2 amide bonds. The van der Waals surface area contributed by atoms with Crippen molar-refractivity contribution in [1.29, 1.82) is 0 Å². The Morgan fingerprint density at radius 2 is 1.94 bits per heavy atom.